The van der Waals surface area contributed by atoms with Gasteiger partial charge in [0.05, 0.1) is 19.7 Å². The number of benzene rings is 2. The van der Waals surface area contributed by atoms with Crippen LogP contribution in [0.15, 0.2) is 49.1 Å². The van der Waals surface area contributed by atoms with Gasteiger partial charge in [-0.05, 0) is 35.4 Å². The summed E-state index contributed by atoms with van der Waals surface area (Å²) in [7, 11) is 3.20. The van der Waals surface area contributed by atoms with Crippen LogP contribution in [0.3, 0.4) is 0 Å². The predicted molar refractivity (Wildman–Crippen MR) is 107 cm³/mol. The number of aromatic nitrogens is 5. The van der Waals surface area contributed by atoms with E-state index in [9.17, 15) is 4.79 Å². The smallest absolute Gasteiger partial charge is 0.232 e. The Bertz CT molecular complexity index is 1190. The number of carbonyl (C=O) groups excluding carboxylic acids is 1. The predicted octanol–water partition coefficient (Wildman–Crippen LogP) is 2.85. The Hall–Kier alpha value is -4.01. The minimum absolute atomic E-state index is 0.203. The fourth-order valence-electron chi connectivity index (χ4n) is 3.01. The van der Waals surface area contributed by atoms with Crippen LogP contribution in [0, 0.1) is 0 Å². The lowest BCUT2D eigenvalue weighted by Gasteiger charge is -2.12. The molecule has 4 rings (SSSR count). The largest absolute Gasteiger partial charge is 0.493 e. The number of nitrogens with zero attached hydrogens (tertiary/aromatic N) is 5. The molecule has 2 aromatic carbocycles. The number of methoxy groups -OCH3 is 2. The van der Waals surface area contributed by atoms with Gasteiger partial charge in [0, 0.05) is 12.3 Å². The third-order valence-corrected chi connectivity index (χ3v) is 4.32. The van der Waals surface area contributed by atoms with Crippen LogP contribution in [-0.4, -0.2) is 44.9 Å². The lowest BCUT2D eigenvalue weighted by molar-refractivity contribution is -0.114. The first-order valence-electron chi connectivity index (χ1n) is 8.76. The van der Waals surface area contributed by atoms with E-state index in [2.05, 4.69) is 25.4 Å². The van der Waals surface area contributed by atoms with Gasteiger partial charge >= 0.3 is 0 Å². The van der Waals surface area contributed by atoms with E-state index in [1.54, 1.807) is 20.5 Å². The monoisotopic (exact) mass is 390 g/mol. The molecular weight excluding hydrogens is 372 g/mol. The van der Waals surface area contributed by atoms with E-state index in [4.69, 9.17) is 9.47 Å². The molecule has 4 aromatic rings. The number of hydrogen-bond acceptors (Lipinski definition) is 7. The molecule has 2 heterocycles. The molecule has 1 amide bonds. The van der Waals surface area contributed by atoms with Crippen LogP contribution in [0.5, 0.6) is 11.5 Å². The Morgan fingerprint density at radius 2 is 1.76 bits per heavy atom. The maximum absolute atomic E-state index is 11.5. The number of nitrogens with one attached hydrogen (secondary N) is 1. The summed E-state index contributed by atoms with van der Waals surface area (Å²) >= 11 is 0. The molecule has 0 fully saturated rings. The van der Waals surface area contributed by atoms with Gasteiger partial charge in [-0.15, -0.1) is 0 Å². The average Bonchev–Trinajstić information content (AvgIpc) is 3.26. The lowest BCUT2D eigenvalue weighted by Crippen LogP contribution is -2.11. The normalized spacial score (nSPS) is 10.7. The van der Waals surface area contributed by atoms with Gasteiger partial charge in [0.25, 0.3) is 0 Å². The zero-order valence-electron chi connectivity index (χ0n) is 16.1. The summed E-state index contributed by atoms with van der Waals surface area (Å²) in [5.41, 5.74) is 2.55. The summed E-state index contributed by atoms with van der Waals surface area (Å²) in [5, 5.41) is 7.56. The standard InChI is InChI=1S/C20H18N6O3/c1-12(27)23-20-24-16-6-4-13(14-5-7-17(28-2)18(9-14)29-3)8-15(16)19(25-20)26-11-21-10-22-26/h4-11H,1-3H3,(H,23,24,25,27). The van der Waals surface area contributed by atoms with Gasteiger partial charge < -0.3 is 9.47 Å². The van der Waals surface area contributed by atoms with Crippen LogP contribution >= 0.6 is 0 Å². The van der Waals surface area contributed by atoms with Crippen LogP contribution in [0.1, 0.15) is 6.92 Å². The van der Waals surface area contributed by atoms with E-state index in [-0.39, 0.29) is 11.9 Å². The highest BCUT2D eigenvalue weighted by Gasteiger charge is 2.13. The van der Waals surface area contributed by atoms with E-state index >= 15 is 0 Å². The number of fused-ring (bicyclic) bond motifs is 1. The van der Waals surface area contributed by atoms with Gasteiger partial charge in [0.1, 0.15) is 12.7 Å². The zero-order chi connectivity index (χ0) is 20.4. The molecule has 0 spiro atoms. The summed E-state index contributed by atoms with van der Waals surface area (Å²) < 4.78 is 12.3. The Kier molecular flexibility index (Phi) is 4.78. The van der Waals surface area contributed by atoms with Crippen molar-refractivity contribution < 1.29 is 14.3 Å². The fraction of sp³-hybridized carbons (Fsp3) is 0.150. The van der Waals surface area contributed by atoms with Gasteiger partial charge in [-0.1, -0.05) is 12.1 Å². The Morgan fingerprint density at radius 1 is 1.00 bits per heavy atom. The number of ether oxygens (including phenoxy) is 2. The van der Waals surface area contributed by atoms with E-state index in [0.29, 0.717) is 22.8 Å². The van der Waals surface area contributed by atoms with Crippen molar-refractivity contribution in [2.24, 2.45) is 0 Å². The maximum atomic E-state index is 11.5. The van der Waals surface area contributed by atoms with E-state index in [1.165, 1.54) is 17.9 Å². The Morgan fingerprint density at radius 3 is 2.45 bits per heavy atom. The highest BCUT2D eigenvalue weighted by molar-refractivity contribution is 5.93. The number of hydrogen-bond donors (Lipinski definition) is 1. The van der Waals surface area contributed by atoms with Crippen LogP contribution in [0.25, 0.3) is 27.8 Å². The number of anilines is 1. The van der Waals surface area contributed by atoms with Crippen molar-refractivity contribution in [2.45, 2.75) is 6.92 Å². The van der Waals surface area contributed by atoms with E-state index < -0.39 is 0 Å². The molecule has 0 atom stereocenters. The van der Waals surface area contributed by atoms with Crippen molar-refractivity contribution in [3.8, 4) is 28.4 Å². The van der Waals surface area contributed by atoms with Gasteiger partial charge in [-0.25, -0.2) is 14.6 Å². The number of carbonyl (C=O) groups is 1. The minimum Gasteiger partial charge on any atom is -0.493 e. The summed E-state index contributed by atoms with van der Waals surface area (Å²) in [5.74, 6) is 1.76. The Balaban J connectivity index is 1.89. The third-order valence-electron chi connectivity index (χ3n) is 4.32. The molecule has 0 aliphatic heterocycles. The second-order valence-corrected chi connectivity index (χ2v) is 6.19. The van der Waals surface area contributed by atoms with E-state index in [0.717, 1.165) is 16.5 Å². The highest BCUT2D eigenvalue weighted by atomic mass is 16.5. The van der Waals surface area contributed by atoms with Crippen molar-refractivity contribution >= 4 is 22.8 Å². The minimum atomic E-state index is -0.254. The van der Waals surface area contributed by atoms with Crippen molar-refractivity contribution in [3.05, 3.63) is 49.1 Å². The maximum Gasteiger partial charge on any atom is 0.232 e. The van der Waals surface area contributed by atoms with Gasteiger partial charge in [-0.2, -0.15) is 10.1 Å². The summed E-state index contributed by atoms with van der Waals surface area (Å²) in [6.07, 6.45) is 2.96. The van der Waals surface area contributed by atoms with Crippen molar-refractivity contribution in [3.63, 3.8) is 0 Å². The van der Waals surface area contributed by atoms with Gasteiger partial charge in [-0.3, -0.25) is 10.1 Å². The quantitative estimate of drug-likeness (QED) is 0.559. The first-order valence-corrected chi connectivity index (χ1v) is 8.76. The second kappa shape index (κ2) is 7.55. The lowest BCUT2D eigenvalue weighted by atomic mass is 10.0. The topological polar surface area (TPSA) is 104 Å². The molecule has 0 radical (unpaired) electrons. The number of rotatable bonds is 5. The van der Waals surface area contributed by atoms with Gasteiger partial charge in [0.2, 0.25) is 11.9 Å². The SMILES string of the molecule is COc1ccc(-c2ccc3nc(NC(C)=O)nc(-n4cncn4)c3c2)cc1OC. The third kappa shape index (κ3) is 3.57. The summed E-state index contributed by atoms with van der Waals surface area (Å²) in [6, 6.07) is 11.5. The molecular formula is C20H18N6O3. The van der Waals surface area contributed by atoms with Crippen LogP contribution in [-0.2, 0) is 4.79 Å². The molecule has 9 heteroatoms. The molecule has 29 heavy (non-hydrogen) atoms. The average molecular weight is 390 g/mol. The summed E-state index contributed by atoms with van der Waals surface area (Å²) in [6.45, 7) is 1.41. The molecule has 0 aliphatic carbocycles. The van der Waals surface area contributed by atoms with E-state index in [1.807, 2.05) is 36.4 Å². The molecule has 0 unspecified atom stereocenters. The molecule has 146 valence electrons. The van der Waals surface area contributed by atoms with Crippen molar-refractivity contribution in [1.29, 1.82) is 0 Å². The molecule has 2 aromatic heterocycles. The van der Waals surface area contributed by atoms with Crippen LogP contribution < -0.4 is 14.8 Å². The van der Waals surface area contributed by atoms with Crippen LogP contribution in [0.2, 0.25) is 0 Å². The zero-order valence-corrected chi connectivity index (χ0v) is 16.1. The molecule has 1 N–H and O–H groups in total. The fourth-order valence-corrected chi connectivity index (χ4v) is 3.01. The van der Waals surface area contributed by atoms with Crippen molar-refractivity contribution in [2.75, 3.05) is 19.5 Å². The highest BCUT2D eigenvalue weighted by Crippen LogP contribution is 2.34. The molecule has 0 saturated heterocycles. The first-order chi connectivity index (χ1) is 14.1. The Labute approximate surface area is 166 Å². The van der Waals surface area contributed by atoms with Crippen molar-refractivity contribution in [1.82, 2.24) is 24.7 Å². The first kappa shape index (κ1) is 18.4. The molecule has 9 nitrogen and oxygen atoms in total. The molecule has 0 saturated carbocycles. The second-order valence-electron chi connectivity index (χ2n) is 6.19. The summed E-state index contributed by atoms with van der Waals surface area (Å²) in [4.78, 5) is 24.3. The van der Waals surface area contributed by atoms with Crippen LogP contribution in [0.4, 0.5) is 5.95 Å². The van der Waals surface area contributed by atoms with Gasteiger partial charge in [0.15, 0.2) is 17.3 Å². The molecule has 0 aliphatic rings. The molecule has 0 bridgehead atoms. The number of amides is 1.